The molecule has 0 bridgehead atoms. The maximum atomic E-state index is 13.7. The lowest BCUT2D eigenvalue weighted by Crippen LogP contribution is -2.43. The van der Waals surface area contributed by atoms with E-state index in [9.17, 15) is 22.4 Å². The van der Waals surface area contributed by atoms with Crippen LogP contribution in [0.15, 0.2) is 23.1 Å². The van der Waals surface area contributed by atoms with Gasteiger partial charge in [0.2, 0.25) is 5.91 Å². The summed E-state index contributed by atoms with van der Waals surface area (Å²) in [6.45, 7) is 5.04. The molecule has 6 nitrogen and oxygen atoms in total. The van der Waals surface area contributed by atoms with Gasteiger partial charge in [0, 0.05) is 5.54 Å². The largest absolute Gasteiger partial charge is 0.478 e. The summed E-state index contributed by atoms with van der Waals surface area (Å²) in [6.07, 6.45) is 0. The number of rotatable bonds is 4. The monoisotopic (exact) mass is 317 g/mol. The van der Waals surface area contributed by atoms with E-state index in [4.69, 9.17) is 5.11 Å². The number of aromatic carboxylic acids is 1. The molecule has 1 aromatic rings. The summed E-state index contributed by atoms with van der Waals surface area (Å²) < 4.78 is 37.7. The van der Waals surface area contributed by atoms with Crippen LogP contribution in [0, 0.1) is 5.82 Å². The molecule has 0 fully saturated rings. The number of carbonyl (C=O) groups is 2. The van der Waals surface area contributed by atoms with Crippen molar-refractivity contribution in [2.24, 2.45) is 0 Å². The van der Waals surface area contributed by atoms with E-state index in [1.807, 2.05) is 0 Å². The molecule has 0 aliphatic rings. The van der Waals surface area contributed by atoms with Crippen LogP contribution < -0.4 is 5.32 Å². The third kappa shape index (κ3) is 4.82. The quantitative estimate of drug-likeness (QED) is 0.869. The van der Waals surface area contributed by atoms with Gasteiger partial charge in [0.1, 0.15) is 16.5 Å². The van der Waals surface area contributed by atoms with Crippen molar-refractivity contribution in [1.82, 2.24) is 5.32 Å². The van der Waals surface area contributed by atoms with Gasteiger partial charge in [-0.05, 0) is 39.0 Å². The first-order valence-electron chi connectivity index (χ1n) is 5.99. The highest BCUT2D eigenvalue weighted by molar-refractivity contribution is 7.92. The molecule has 21 heavy (non-hydrogen) atoms. The Morgan fingerprint density at radius 3 is 2.29 bits per heavy atom. The fourth-order valence-corrected chi connectivity index (χ4v) is 2.80. The van der Waals surface area contributed by atoms with Crippen LogP contribution in [0.1, 0.15) is 31.1 Å². The Hall–Kier alpha value is -1.96. The summed E-state index contributed by atoms with van der Waals surface area (Å²) in [6, 6.07) is 2.43. The molecule has 116 valence electrons. The van der Waals surface area contributed by atoms with Gasteiger partial charge in [-0.2, -0.15) is 0 Å². The number of hydrogen-bond acceptors (Lipinski definition) is 4. The van der Waals surface area contributed by atoms with Crippen molar-refractivity contribution >= 4 is 21.7 Å². The van der Waals surface area contributed by atoms with Crippen LogP contribution >= 0.6 is 0 Å². The minimum Gasteiger partial charge on any atom is -0.478 e. The Morgan fingerprint density at radius 1 is 1.29 bits per heavy atom. The predicted octanol–water partition coefficient (Wildman–Crippen LogP) is 1.21. The van der Waals surface area contributed by atoms with Gasteiger partial charge in [0.05, 0.1) is 5.56 Å². The van der Waals surface area contributed by atoms with Crippen molar-refractivity contribution in [3.8, 4) is 0 Å². The van der Waals surface area contributed by atoms with Crippen molar-refractivity contribution in [2.75, 3.05) is 5.75 Å². The lowest BCUT2D eigenvalue weighted by atomic mass is 10.1. The van der Waals surface area contributed by atoms with E-state index in [0.29, 0.717) is 6.07 Å². The van der Waals surface area contributed by atoms with Crippen LogP contribution in [-0.4, -0.2) is 36.7 Å². The Bertz CT molecular complexity index is 676. The molecule has 0 aliphatic heterocycles. The Morgan fingerprint density at radius 2 is 1.86 bits per heavy atom. The summed E-state index contributed by atoms with van der Waals surface area (Å²) in [5.74, 6) is -4.24. The van der Waals surface area contributed by atoms with Crippen molar-refractivity contribution in [2.45, 2.75) is 31.2 Å². The van der Waals surface area contributed by atoms with Crippen LogP contribution in [0.5, 0.6) is 0 Å². The van der Waals surface area contributed by atoms with E-state index in [1.54, 1.807) is 20.8 Å². The summed E-state index contributed by atoms with van der Waals surface area (Å²) in [5.41, 5.74) is -0.983. The van der Waals surface area contributed by atoms with E-state index < -0.39 is 43.7 Å². The molecule has 0 radical (unpaired) electrons. The average molecular weight is 317 g/mol. The second kappa shape index (κ2) is 5.80. The second-order valence-corrected chi connectivity index (χ2v) is 7.47. The summed E-state index contributed by atoms with van der Waals surface area (Å²) in [4.78, 5) is 21.6. The number of carbonyl (C=O) groups excluding carboxylic acids is 1. The van der Waals surface area contributed by atoms with E-state index >= 15 is 0 Å². The topological polar surface area (TPSA) is 101 Å². The maximum absolute atomic E-state index is 13.7. The summed E-state index contributed by atoms with van der Waals surface area (Å²) >= 11 is 0. The van der Waals surface area contributed by atoms with E-state index in [0.717, 1.165) is 12.1 Å². The number of hydrogen-bond donors (Lipinski definition) is 2. The smallest absolute Gasteiger partial charge is 0.335 e. The number of halogens is 1. The van der Waals surface area contributed by atoms with E-state index in [-0.39, 0.29) is 5.56 Å². The van der Waals surface area contributed by atoms with Gasteiger partial charge in [-0.15, -0.1) is 0 Å². The Labute approximate surface area is 121 Å². The third-order valence-corrected chi connectivity index (χ3v) is 3.99. The number of nitrogens with one attached hydrogen (secondary N) is 1. The van der Waals surface area contributed by atoms with E-state index in [1.165, 1.54) is 0 Å². The lowest BCUT2D eigenvalue weighted by Gasteiger charge is -2.20. The molecule has 0 saturated heterocycles. The zero-order valence-electron chi connectivity index (χ0n) is 11.8. The molecule has 0 atom stereocenters. The molecule has 0 unspecified atom stereocenters. The van der Waals surface area contributed by atoms with Gasteiger partial charge >= 0.3 is 5.97 Å². The van der Waals surface area contributed by atoms with Gasteiger partial charge in [-0.1, -0.05) is 0 Å². The fraction of sp³-hybridized carbons (Fsp3) is 0.385. The molecule has 1 rings (SSSR count). The molecule has 1 aromatic carbocycles. The van der Waals surface area contributed by atoms with Crippen molar-refractivity contribution in [3.63, 3.8) is 0 Å². The first-order valence-corrected chi connectivity index (χ1v) is 7.64. The molecule has 0 spiro atoms. The predicted molar refractivity (Wildman–Crippen MR) is 73.3 cm³/mol. The first-order chi connectivity index (χ1) is 9.42. The van der Waals surface area contributed by atoms with Crippen LogP contribution in [-0.2, 0) is 14.6 Å². The molecule has 0 aromatic heterocycles. The average Bonchev–Trinajstić information content (AvgIpc) is 2.24. The molecule has 1 amide bonds. The zero-order chi connectivity index (χ0) is 16.4. The highest BCUT2D eigenvalue weighted by atomic mass is 32.2. The van der Waals surface area contributed by atoms with Gasteiger partial charge in [0.25, 0.3) is 0 Å². The van der Waals surface area contributed by atoms with Crippen LogP contribution in [0.4, 0.5) is 4.39 Å². The highest BCUT2D eigenvalue weighted by Gasteiger charge is 2.25. The van der Waals surface area contributed by atoms with Crippen molar-refractivity contribution < 1.29 is 27.5 Å². The number of amides is 1. The highest BCUT2D eigenvalue weighted by Crippen LogP contribution is 2.18. The first kappa shape index (κ1) is 17.1. The molecular formula is C13H16FNO5S. The minimum absolute atomic E-state index is 0.370. The van der Waals surface area contributed by atoms with Gasteiger partial charge < -0.3 is 10.4 Å². The van der Waals surface area contributed by atoms with Gasteiger partial charge in [0.15, 0.2) is 9.84 Å². The zero-order valence-corrected chi connectivity index (χ0v) is 12.6. The summed E-state index contributed by atoms with van der Waals surface area (Å²) in [5, 5.41) is 11.2. The standard InChI is InChI=1S/C13H16FNO5S/c1-13(2,3)15-11(16)7-21(19,20)10-5-4-8(12(17)18)6-9(10)14/h4-6H,7H2,1-3H3,(H,15,16)(H,17,18). The third-order valence-electron chi connectivity index (χ3n) is 2.35. The Balaban J connectivity index is 3.04. The normalized spacial score (nSPS) is 12.0. The Kier molecular flexibility index (Phi) is 4.72. The van der Waals surface area contributed by atoms with E-state index in [2.05, 4.69) is 5.32 Å². The van der Waals surface area contributed by atoms with Gasteiger partial charge in [-0.25, -0.2) is 17.6 Å². The van der Waals surface area contributed by atoms with Crippen LogP contribution in [0.2, 0.25) is 0 Å². The molecular weight excluding hydrogens is 301 g/mol. The lowest BCUT2D eigenvalue weighted by molar-refractivity contribution is -0.120. The maximum Gasteiger partial charge on any atom is 0.335 e. The summed E-state index contributed by atoms with van der Waals surface area (Å²) in [7, 11) is -4.18. The fourth-order valence-electron chi connectivity index (χ4n) is 1.59. The van der Waals surface area contributed by atoms with Crippen LogP contribution in [0.3, 0.4) is 0 Å². The second-order valence-electron chi connectivity index (χ2n) is 5.51. The van der Waals surface area contributed by atoms with Crippen LogP contribution in [0.25, 0.3) is 0 Å². The molecule has 0 aliphatic carbocycles. The number of sulfone groups is 1. The molecule has 2 N–H and O–H groups in total. The molecule has 0 heterocycles. The van der Waals surface area contributed by atoms with Crippen molar-refractivity contribution in [3.05, 3.63) is 29.6 Å². The number of carboxylic acid groups (broad SMARTS) is 1. The van der Waals surface area contributed by atoms with Crippen molar-refractivity contribution in [1.29, 1.82) is 0 Å². The van der Waals surface area contributed by atoms with Gasteiger partial charge in [-0.3, -0.25) is 4.79 Å². The SMILES string of the molecule is CC(C)(C)NC(=O)CS(=O)(=O)c1ccc(C(=O)O)cc1F. The number of benzene rings is 1. The molecule has 0 saturated carbocycles. The minimum atomic E-state index is -4.18. The molecule has 8 heteroatoms. The number of carboxylic acids is 1.